The summed E-state index contributed by atoms with van der Waals surface area (Å²) in [5, 5.41) is 9.49. The average Bonchev–Trinajstić information content (AvgIpc) is 2.92. The minimum Gasteiger partial charge on any atom is -0.392 e. The smallest absolute Gasteiger partial charge is 0.0631 e. The van der Waals surface area contributed by atoms with Crippen LogP contribution in [0.15, 0.2) is 0 Å². The predicted octanol–water partition coefficient (Wildman–Crippen LogP) is 2.43. The molecule has 1 N–H and O–H groups in total. The molecule has 0 unspecified atom stereocenters. The van der Waals surface area contributed by atoms with Gasteiger partial charge in [-0.25, -0.2) is 0 Å². The predicted molar refractivity (Wildman–Crippen MR) is 62.8 cm³/mol. The van der Waals surface area contributed by atoms with Crippen molar-refractivity contribution in [2.45, 2.75) is 20.0 Å². The van der Waals surface area contributed by atoms with Crippen molar-refractivity contribution in [3.8, 4) is 0 Å². The fourth-order valence-corrected chi connectivity index (χ4v) is 1.29. The number of aliphatic hydroxyl groups excluding tert-OH is 1. The first kappa shape index (κ1) is 16.5. The monoisotopic (exact) mass is 258 g/mol. The normalized spacial score (nSPS) is 22.5. The maximum atomic E-state index is 9.49. The maximum Gasteiger partial charge on any atom is 0.0631 e. The van der Waals surface area contributed by atoms with Gasteiger partial charge in [-0.2, -0.15) is 0 Å². The molecule has 0 saturated heterocycles. The molecule has 2 heteroatoms. The van der Waals surface area contributed by atoms with Crippen molar-refractivity contribution in [2.24, 2.45) is 5.92 Å². The van der Waals surface area contributed by atoms with Crippen LogP contribution in [0.25, 0.3) is 0 Å². The van der Waals surface area contributed by atoms with Crippen LogP contribution in [-0.2, 0) is 17.1 Å². The molecule has 88 valence electrons. The van der Waals surface area contributed by atoms with Crippen LogP contribution in [0.4, 0.5) is 0 Å². The van der Waals surface area contributed by atoms with Gasteiger partial charge in [0.05, 0.1) is 6.10 Å². The van der Waals surface area contributed by atoms with Gasteiger partial charge in [0.25, 0.3) is 0 Å². The van der Waals surface area contributed by atoms with E-state index in [9.17, 15) is 5.11 Å². The van der Waals surface area contributed by atoms with Gasteiger partial charge in [0.15, 0.2) is 0 Å². The van der Waals surface area contributed by atoms with Crippen molar-refractivity contribution < 1.29 is 22.2 Å². The zero-order valence-electron chi connectivity index (χ0n) is 9.65. The second kappa shape index (κ2) is 9.50. The van der Waals surface area contributed by atoms with Crippen LogP contribution in [0.3, 0.4) is 0 Å². The van der Waals surface area contributed by atoms with E-state index in [1.54, 1.807) is 0 Å². The van der Waals surface area contributed by atoms with Crippen LogP contribution < -0.4 is 0 Å². The van der Waals surface area contributed by atoms with Crippen LogP contribution in [0.1, 0.15) is 13.8 Å². The Morgan fingerprint density at radius 2 is 1.19 bits per heavy atom. The molecule has 2 fully saturated rings. The number of aliphatic hydroxyl groups is 1. The van der Waals surface area contributed by atoms with Crippen molar-refractivity contribution in [1.29, 1.82) is 0 Å². The van der Waals surface area contributed by atoms with Crippen LogP contribution in [-0.4, -0.2) is 11.2 Å². The summed E-state index contributed by atoms with van der Waals surface area (Å²) in [5.41, 5.74) is 0. The van der Waals surface area contributed by atoms with Gasteiger partial charge < -0.3 is 5.11 Å². The molecule has 0 aliphatic heterocycles. The molecule has 10 radical (unpaired) electrons. The Kier molecular flexibility index (Phi) is 9.79. The molecule has 1 nitrogen and oxygen atoms in total. The van der Waals surface area contributed by atoms with Gasteiger partial charge in [0.2, 0.25) is 0 Å². The van der Waals surface area contributed by atoms with Crippen LogP contribution >= 0.6 is 0 Å². The van der Waals surface area contributed by atoms with E-state index in [1.807, 2.05) is 71.6 Å². The molecule has 0 aromatic heterocycles. The Balaban J connectivity index is 0.000000318. The fraction of sp³-hybridized carbons (Fsp3) is 0.286. The molecule has 0 bridgehead atoms. The van der Waals surface area contributed by atoms with Crippen molar-refractivity contribution in [1.82, 2.24) is 0 Å². The Hall–Kier alpha value is 0.479. The summed E-state index contributed by atoms with van der Waals surface area (Å²) in [6.45, 7) is 4.02. The third kappa shape index (κ3) is 6.27. The quantitative estimate of drug-likeness (QED) is 0.754. The van der Waals surface area contributed by atoms with Gasteiger partial charge in [0.1, 0.15) is 0 Å². The van der Waals surface area contributed by atoms with Crippen LogP contribution in [0, 0.1) is 69.6 Å². The van der Waals surface area contributed by atoms with E-state index in [0.717, 1.165) is 5.92 Å². The topological polar surface area (TPSA) is 20.2 Å². The molecule has 0 heterocycles. The van der Waals surface area contributed by atoms with Crippen molar-refractivity contribution >= 4 is 0 Å². The van der Waals surface area contributed by atoms with E-state index >= 15 is 0 Å². The Morgan fingerprint density at radius 1 is 0.812 bits per heavy atom. The summed E-state index contributed by atoms with van der Waals surface area (Å²) < 4.78 is 0. The Bertz CT molecular complexity index is 141. The zero-order chi connectivity index (χ0) is 11.1. The Morgan fingerprint density at radius 3 is 1.50 bits per heavy atom. The summed E-state index contributed by atoms with van der Waals surface area (Å²) in [5.74, 6) is 1.33. The number of hydrogen-bond acceptors (Lipinski definition) is 1. The molecule has 2 aliphatic rings. The first-order valence-corrected chi connectivity index (χ1v) is 5.28. The van der Waals surface area contributed by atoms with E-state index in [2.05, 4.69) is 0 Å². The van der Waals surface area contributed by atoms with Gasteiger partial charge in [-0.05, 0) is 63.7 Å². The second-order valence-corrected chi connectivity index (χ2v) is 3.87. The first-order chi connectivity index (χ1) is 7.22. The average molecular weight is 258 g/mol. The van der Waals surface area contributed by atoms with Crippen LogP contribution in [0.2, 0.25) is 0 Å². The van der Waals surface area contributed by atoms with Gasteiger partial charge in [-0.1, -0.05) is 13.8 Å². The summed E-state index contributed by atoms with van der Waals surface area (Å²) >= 11 is 0. The molecule has 1 atom stereocenters. The summed E-state index contributed by atoms with van der Waals surface area (Å²) in [6.07, 6.45) is 17.5. The van der Waals surface area contributed by atoms with Gasteiger partial charge >= 0.3 is 0 Å². The van der Waals surface area contributed by atoms with E-state index in [-0.39, 0.29) is 23.2 Å². The molecule has 16 heavy (non-hydrogen) atoms. The standard InChI is InChI=1S/C9H13O.C5H5.Fe/c1-7(2)9(10)8-5-3-4-6-8;1-2-4-5-3-1;/h3-7,9-10H,1-2H3;1-5H;/t9-;;/m1../s1. The van der Waals surface area contributed by atoms with E-state index in [0.29, 0.717) is 5.92 Å². The molecule has 0 aromatic carbocycles. The largest absolute Gasteiger partial charge is 0.392 e. The molecular weight excluding hydrogens is 240 g/mol. The molecule has 2 saturated carbocycles. The molecule has 0 spiro atoms. The van der Waals surface area contributed by atoms with E-state index < -0.39 is 0 Å². The molecular formula is C14H18FeO. The fourth-order valence-electron chi connectivity index (χ4n) is 1.29. The van der Waals surface area contributed by atoms with Gasteiger partial charge in [0, 0.05) is 23.0 Å². The minimum absolute atomic E-state index is 0. The third-order valence-corrected chi connectivity index (χ3v) is 2.22. The minimum atomic E-state index is -0.296. The molecule has 2 rings (SSSR count). The summed E-state index contributed by atoms with van der Waals surface area (Å²) in [4.78, 5) is 0. The van der Waals surface area contributed by atoms with Crippen molar-refractivity contribution in [3.05, 3.63) is 63.7 Å². The zero-order valence-corrected chi connectivity index (χ0v) is 10.8. The molecule has 0 amide bonds. The SMILES string of the molecule is CC(C)[C@@H](O)[C]1[CH][CH][CH][CH]1.[CH]1[CH][CH][CH][CH]1.[Fe]. The first-order valence-electron chi connectivity index (χ1n) is 5.28. The molecule has 0 aromatic rings. The second-order valence-electron chi connectivity index (χ2n) is 3.87. The maximum absolute atomic E-state index is 9.49. The van der Waals surface area contributed by atoms with Crippen LogP contribution in [0.5, 0.6) is 0 Å². The van der Waals surface area contributed by atoms with E-state index in [4.69, 9.17) is 0 Å². The molecule has 2 aliphatic carbocycles. The summed E-state index contributed by atoms with van der Waals surface area (Å²) in [6, 6.07) is 0. The van der Waals surface area contributed by atoms with Gasteiger partial charge in [-0.15, -0.1) is 0 Å². The van der Waals surface area contributed by atoms with Crippen molar-refractivity contribution in [2.75, 3.05) is 0 Å². The van der Waals surface area contributed by atoms with Crippen molar-refractivity contribution in [3.63, 3.8) is 0 Å². The summed E-state index contributed by atoms with van der Waals surface area (Å²) in [7, 11) is 0. The third-order valence-electron chi connectivity index (χ3n) is 2.22. The Labute approximate surface area is 112 Å². The number of rotatable bonds is 2. The van der Waals surface area contributed by atoms with Gasteiger partial charge in [-0.3, -0.25) is 0 Å². The number of hydrogen-bond donors (Lipinski definition) is 1. The van der Waals surface area contributed by atoms with E-state index in [1.165, 1.54) is 0 Å².